The maximum atomic E-state index is 12.4. The van der Waals surface area contributed by atoms with Crippen LogP contribution >= 0.6 is 46.4 Å². The highest BCUT2D eigenvalue weighted by molar-refractivity contribution is 6.52. The molecule has 1 aromatic carbocycles. The van der Waals surface area contributed by atoms with Gasteiger partial charge >= 0.3 is 0 Å². The third kappa shape index (κ3) is 4.01. The number of anilines is 2. The van der Waals surface area contributed by atoms with Gasteiger partial charge in [0.15, 0.2) is 0 Å². The molecule has 0 atom stereocenters. The van der Waals surface area contributed by atoms with Crippen molar-refractivity contribution < 1.29 is 4.79 Å². The van der Waals surface area contributed by atoms with Crippen LogP contribution in [-0.2, 0) is 0 Å². The maximum Gasteiger partial charge on any atom is 0.275 e. The van der Waals surface area contributed by atoms with Crippen LogP contribution < -0.4 is 10.2 Å². The van der Waals surface area contributed by atoms with E-state index in [4.69, 9.17) is 46.4 Å². The second-order valence-corrected chi connectivity index (χ2v) is 6.20. The molecule has 0 saturated carbocycles. The van der Waals surface area contributed by atoms with Crippen molar-refractivity contribution >= 4 is 63.7 Å². The summed E-state index contributed by atoms with van der Waals surface area (Å²) in [6.07, 6.45) is 0. The van der Waals surface area contributed by atoms with E-state index in [2.05, 4.69) is 10.3 Å². The first-order chi connectivity index (χ1) is 10.8. The van der Waals surface area contributed by atoms with Gasteiger partial charge in [-0.05, 0) is 25.1 Å². The zero-order valence-electron chi connectivity index (χ0n) is 12.3. The summed E-state index contributed by atoms with van der Waals surface area (Å²) >= 11 is 23.7. The fraction of sp³-hybridized carbons (Fsp3) is 0.200. The summed E-state index contributed by atoms with van der Waals surface area (Å²) in [6, 6.07) is 7.39. The smallest absolute Gasteiger partial charge is 0.275 e. The Kier molecular flexibility index (Phi) is 5.98. The monoisotopic (exact) mass is 391 g/mol. The van der Waals surface area contributed by atoms with Crippen LogP contribution in [-0.4, -0.2) is 24.5 Å². The van der Waals surface area contributed by atoms with Crippen LogP contribution in [0.15, 0.2) is 24.3 Å². The Morgan fingerprint density at radius 3 is 2.52 bits per heavy atom. The van der Waals surface area contributed by atoms with Crippen LogP contribution in [0.4, 0.5) is 11.4 Å². The number of rotatable bonds is 4. The van der Waals surface area contributed by atoms with Crippen LogP contribution in [0.3, 0.4) is 0 Å². The number of hydrogen-bond acceptors (Lipinski definition) is 3. The summed E-state index contributed by atoms with van der Waals surface area (Å²) < 4.78 is 0. The minimum absolute atomic E-state index is 0.00190. The Balaban J connectivity index is 2.30. The molecule has 0 aliphatic carbocycles. The van der Waals surface area contributed by atoms with Gasteiger partial charge in [0.1, 0.15) is 10.8 Å². The van der Waals surface area contributed by atoms with Crippen molar-refractivity contribution in [2.75, 3.05) is 23.8 Å². The Morgan fingerprint density at radius 2 is 1.87 bits per heavy atom. The molecule has 8 heteroatoms. The molecular weight excluding hydrogens is 380 g/mol. The predicted molar refractivity (Wildman–Crippen MR) is 97.6 cm³/mol. The second kappa shape index (κ2) is 7.58. The fourth-order valence-corrected chi connectivity index (χ4v) is 2.65. The number of carbonyl (C=O) groups is 1. The van der Waals surface area contributed by atoms with Crippen molar-refractivity contribution in [3.63, 3.8) is 0 Å². The lowest BCUT2D eigenvalue weighted by molar-refractivity contribution is 0.102. The molecule has 4 nitrogen and oxygen atoms in total. The van der Waals surface area contributed by atoms with Gasteiger partial charge < -0.3 is 10.2 Å². The molecule has 122 valence electrons. The minimum atomic E-state index is -0.522. The van der Waals surface area contributed by atoms with Gasteiger partial charge in [0, 0.05) is 25.0 Å². The van der Waals surface area contributed by atoms with E-state index in [1.807, 2.05) is 37.1 Å². The molecule has 0 fully saturated rings. The zero-order valence-corrected chi connectivity index (χ0v) is 15.4. The molecule has 1 heterocycles. The van der Waals surface area contributed by atoms with E-state index in [9.17, 15) is 4.79 Å². The molecule has 23 heavy (non-hydrogen) atoms. The van der Waals surface area contributed by atoms with E-state index in [1.54, 1.807) is 6.07 Å². The molecule has 2 rings (SSSR count). The predicted octanol–water partition coefficient (Wildman–Crippen LogP) is 5.40. The Morgan fingerprint density at radius 1 is 1.17 bits per heavy atom. The zero-order chi connectivity index (χ0) is 17.1. The quantitative estimate of drug-likeness (QED) is 0.708. The molecule has 0 bridgehead atoms. The van der Waals surface area contributed by atoms with E-state index in [0.717, 1.165) is 12.2 Å². The Labute approximate surface area is 154 Å². The molecule has 0 spiro atoms. The molecule has 0 radical (unpaired) electrons. The molecule has 0 aliphatic heterocycles. The summed E-state index contributed by atoms with van der Waals surface area (Å²) in [5.74, 6) is -0.522. The van der Waals surface area contributed by atoms with Gasteiger partial charge in [-0.2, -0.15) is 0 Å². The lowest BCUT2D eigenvalue weighted by Gasteiger charge is -2.17. The molecule has 0 saturated heterocycles. The van der Waals surface area contributed by atoms with Crippen molar-refractivity contribution in [2.24, 2.45) is 0 Å². The van der Waals surface area contributed by atoms with Gasteiger partial charge in [-0.15, -0.1) is 0 Å². The average Bonchev–Trinajstić information content (AvgIpc) is 2.55. The SMILES string of the molecule is CCN(C)c1cccc(NC(=O)c2nc(Cl)c(Cl)c(Cl)c2Cl)c1. The number of amides is 1. The van der Waals surface area contributed by atoms with E-state index in [1.165, 1.54) is 0 Å². The molecule has 1 N–H and O–H groups in total. The first kappa shape index (κ1) is 18.1. The van der Waals surface area contributed by atoms with E-state index in [-0.39, 0.29) is 25.9 Å². The topological polar surface area (TPSA) is 45.2 Å². The van der Waals surface area contributed by atoms with Crippen LogP contribution in [0.25, 0.3) is 0 Å². The van der Waals surface area contributed by atoms with Crippen LogP contribution in [0.2, 0.25) is 20.2 Å². The summed E-state index contributed by atoms with van der Waals surface area (Å²) in [6.45, 7) is 2.87. The number of hydrogen-bond donors (Lipinski definition) is 1. The summed E-state index contributed by atoms with van der Waals surface area (Å²) in [7, 11) is 1.96. The van der Waals surface area contributed by atoms with Crippen molar-refractivity contribution in [2.45, 2.75) is 6.92 Å². The highest BCUT2D eigenvalue weighted by atomic mass is 35.5. The highest BCUT2D eigenvalue weighted by Crippen LogP contribution is 2.36. The van der Waals surface area contributed by atoms with Gasteiger partial charge in [-0.25, -0.2) is 4.98 Å². The molecule has 0 aliphatic rings. The largest absolute Gasteiger partial charge is 0.375 e. The third-order valence-electron chi connectivity index (χ3n) is 3.22. The van der Waals surface area contributed by atoms with Gasteiger partial charge in [0.05, 0.1) is 15.1 Å². The molecule has 0 unspecified atom stereocenters. The normalized spacial score (nSPS) is 10.5. The number of nitrogens with zero attached hydrogens (tertiary/aromatic N) is 2. The lowest BCUT2D eigenvalue weighted by atomic mass is 10.2. The molecule has 1 amide bonds. The van der Waals surface area contributed by atoms with Crippen LogP contribution in [0.1, 0.15) is 17.4 Å². The molecular formula is C15H13Cl4N3O. The summed E-state index contributed by atoms with van der Waals surface area (Å²) in [5, 5.41) is 2.61. The minimum Gasteiger partial charge on any atom is -0.375 e. The van der Waals surface area contributed by atoms with Crippen LogP contribution in [0.5, 0.6) is 0 Å². The first-order valence-electron chi connectivity index (χ1n) is 6.67. The lowest BCUT2D eigenvalue weighted by Crippen LogP contribution is -2.17. The van der Waals surface area contributed by atoms with Gasteiger partial charge in [0.2, 0.25) is 0 Å². The molecule has 1 aromatic heterocycles. The van der Waals surface area contributed by atoms with Crippen molar-refractivity contribution in [1.82, 2.24) is 4.98 Å². The Bertz CT molecular complexity index is 752. The number of halogens is 4. The van der Waals surface area contributed by atoms with Crippen molar-refractivity contribution in [1.29, 1.82) is 0 Å². The van der Waals surface area contributed by atoms with Gasteiger partial charge in [0.25, 0.3) is 5.91 Å². The standard InChI is InChI=1S/C15H13Cl4N3O/c1-3-22(2)9-6-4-5-8(7-9)20-15(23)13-11(17)10(16)12(18)14(19)21-13/h4-7H,3H2,1-2H3,(H,20,23). The molecule has 2 aromatic rings. The average molecular weight is 393 g/mol. The third-order valence-corrected chi connectivity index (χ3v) is 4.90. The number of pyridine rings is 1. The van der Waals surface area contributed by atoms with Gasteiger partial charge in [-0.1, -0.05) is 52.5 Å². The van der Waals surface area contributed by atoms with Crippen LogP contribution in [0, 0.1) is 0 Å². The van der Waals surface area contributed by atoms with Gasteiger partial charge in [-0.3, -0.25) is 4.79 Å². The maximum absolute atomic E-state index is 12.4. The number of nitrogens with one attached hydrogen (secondary N) is 1. The second-order valence-electron chi connectivity index (χ2n) is 4.71. The highest BCUT2D eigenvalue weighted by Gasteiger charge is 2.20. The summed E-state index contributed by atoms with van der Waals surface area (Å²) in [5.41, 5.74) is 1.49. The summed E-state index contributed by atoms with van der Waals surface area (Å²) in [4.78, 5) is 18.3. The van der Waals surface area contributed by atoms with Crippen molar-refractivity contribution in [3.8, 4) is 0 Å². The first-order valence-corrected chi connectivity index (χ1v) is 8.18. The van der Waals surface area contributed by atoms with E-state index < -0.39 is 5.91 Å². The number of aromatic nitrogens is 1. The van der Waals surface area contributed by atoms with E-state index >= 15 is 0 Å². The number of benzene rings is 1. The Hall–Kier alpha value is -1.20. The van der Waals surface area contributed by atoms with Crippen molar-refractivity contribution in [3.05, 3.63) is 50.2 Å². The number of carbonyl (C=O) groups excluding carboxylic acids is 1. The van der Waals surface area contributed by atoms with E-state index in [0.29, 0.717) is 5.69 Å². The fourth-order valence-electron chi connectivity index (χ4n) is 1.83.